The van der Waals surface area contributed by atoms with Crippen molar-refractivity contribution < 1.29 is 19.4 Å². The van der Waals surface area contributed by atoms with Gasteiger partial charge in [0.25, 0.3) is 5.91 Å². The lowest BCUT2D eigenvalue weighted by molar-refractivity contribution is -0.139. The lowest BCUT2D eigenvalue weighted by Crippen LogP contribution is -2.40. The van der Waals surface area contributed by atoms with Crippen LogP contribution in [0.3, 0.4) is 0 Å². The van der Waals surface area contributed by atoms with Gasteiger partial charge in [0.1, 0.15) is 6.04 Å². The number of nitrogens with two attached hydrogens (primary N) is 1. The normalized spacial score (nSPS) is 12.0. The Morgan fingerprint density at radius 3 is 2.43 bits per heavy atom. The maximum Gasteiger partial charge on any atom is 0.326 e. The lowest BCUT2D eigenvalue weighted by Gasteiger charge is -2.15. The molecule has 0 aromatic heterocycles. The first-order valence-corrected chi connectivity index (χ1v) is 6.89. The second-order valence-corrected chi connectivity index (χ2v) is 5.17. The predicted molar refractivity (Wildman–Crippen MR) is 80.9 cm³/mol. The molecule has 0 aliphatic carbocycles. The van der Waals surface area contributed by atoms with Gasteiger partial charge in [0, 0.05) is 19.3 Å². The Morgan fingerprint density at radius 1 is 1.38 bits per heavy atom. The SMILES string of the molecule is COCCCC(NC(=O)c1cc(Cl)c(N)c(Cl)c1)C(=O)O. The number of rotatable bonds is 7. The molecule has 0 aliphatic heterocycles. The number of ether oxygens (including phenoxy) is 1. The number of carboxylic acid groups (broad SMARTS) is 1. The number of anilines is 1. The Balaban J connectivity index is 2.80. The van der Waals surface area contributed by atoms with Crippen LogP contribution >= 0.6 is 23.2 Å². The molecule has 0 heterocycles. The zero-order chi connectivity index (χ0) is 16.0. The van der Waals surface area contributed by atoms with Crippen molar-refractivity contribution in [1.82, 2.24) is 5.32 Å². The minimum absolute atomic E-state index is 0.138. The molecule has 21 heavy (non-hydrogen) atoms. The molecular formula is C13H16Cl2N2O4. The topological polar surface area (TPSA) is 102 Å². The van der Waals surface area contributed by atoms with Gasteiger partial charge in [-0.3, -0.25) is 4.79 Å². The highest BCUT2D eigenvalue weighted by Crippen LogP contribution is 2.28. The van der Waals surface area contributed by atoms with Gasteiger partial charge >= 0.3 is 5.97 Å². The zero-order valence-electron chi connectivity index (χ0n) is 11.4. The average Bonchev–Trinajstić information content (AvgIpc) is 2.42. The van der Waals surface area contributed by atoms with Gasteiger partial charge in [-0.05, 0) is 25.0 Å². The highest BCUT2D eigenvalue weighted by atomic mass is 35.5. The highest BCUT2D eigenvalue weighted by molar-refractivity contribution is 6.39. The second-order valence-electron chi connectivity index (χ2n) is 4.35. The van der Waals surface area contributed by atoms with Crippen molar-refractivity contribution in [2.24, 2.45) is 0 Å². The Morgan fingerprint density at radius 2 is 1.95 bits per heavy atom. The van der Waals surface area contributed by atoms with Crippen molar-refractivity contribution in [3.8, 4) is 0 Å². The molecule has 1 rings (SSSR count). The first-order valence-electron chi connectivity index (χ1n) is 6.14. The molecule has 8 heteroatoms. The van der Waals surface area contributed by atoms with Crippen LogP contribution in [0.4, 0.5) is 5.69 Å². The van der Waals surface area contributed by atoms with Gasteiger partial charge in [-0.15, -0.1) is 0 Å². The van der Waals surface area contributed by atoms with E-state index in [4.69, 9.17) is 38.8 Å². The summed E-state index contributed by atoms with van der Waals surface area (Å²) in [5.74, 6) is -1.70. The number of hydrogen-bond acceptors (Lipinski definition) is 4. The van der Waals surface area contributed by atoms with Crippen LogP contribution in [-0.4, -0.2) is 36.7 Å². The van der Waals surface area contributed by atoms with E-state index in [-0.39, 0.29) is 27.7 Å². The Kier molecular flexibility index (Phi) is 6.74. The van der Waals surface area contributed by atoms with Crippen LogP contribution in [-0.2, 0) is 9.53 Å². The summed E-state index contributed by atoms with van der Waals surface area (Å²) >= 11 is 11.7. The average molecular weight is 335 g/mol. The van der Waals surface area contributed by atoms with Gasteiger partial charge < -0.3 is 20.9 Å². The van der Waals surface area contributed by atoms with Crippen molar-refractivity contribution in [3.63, 3.8) is 0 Å². The van der Waals surface area contributed by atoms with E-state index >= 15 is 0 Å². The summed E-state index contributed by atoms with van der Waals surface area (Å²) in [5, 5.41) is 11.8. The number of nitrogens with one attached hydrogen (secondary N) is 1. The van der Waals surface area contributed by atoms with Gasteiger partial charge in [0.2, 0.25) is 0 Å². The number of aliphatic carboxylic acids is 1. The Bertz CT molecular complexity index is 514. The molecule has 0 bridgehead atoms. The van der Waals surface area contributed by atoms with Crippen molar-refractivity contribution in [2.75, 3.05) is 19.5 Å². The third-order valence-corrected chi connectivity index (χ3v) is 3.41. The van der Waals surface area contributed by atoms with Gasteiger partial charge in [-0.1, -0.05) is 23.2 Å². The van der Waals surface area contributed by atoms with E-state index in [1.54, 1.807) is 0 Å². The summed E-state index contributed by atoms with van der Waals surface area (Å²) in [6.07, 6.45) is 0.766. The van der Waals surface area contributed by atoms with Gasteiger partial charge in [0.15, 0.2) is 0 Å². The summed E-state index contributed by atoms with van der Waals surface area (Å²) in [4.78, 5) is 23.2. The fourth-order valence-corrected chi connectivity index (χ4v) is 2.13. The summed E-state index contributed by atoms with van der Waals surface area (Å²) in [6.45, 7) is 0.416. The van der Waals surface area contributed by atoms with Gasteiger partial charge in [-0.25, -0.2) is 4.79 Å². The molecular weight excluding hydrogens is 319 g/mol. The molecule has 1 unspecified atom stereocenters. The molecule has 0 radical (unpaired) electrons. The molecule has 116 valence electrons. The minimum atomic E-state index is -1.12. The molecule has 6 nitrogen and oxygen atoms in total. The number of carboxylic acids is 1. The van der Waals surface area contributed by atoms with E-state index < -0.39 is 17.9 Å². The number of nitrogen functional groups attached to an aromatic ring is 1. The fraction of sp³-hybridized carbons (Fsp3) is 0.385. The Labute approximate surface area is 132 Å². The maximum absolute atomic E-state index is 12.0. The number of carbonyl (C=O) groups is 2. The van der Waals surface area contributed by atoms with Crippen LogP contribution in [0.15, 0.2) is 12.1 Å². The predicted octanol–water partition coefficient (Wildman–Crippen LogP) is 2.19. The smallest absolute Gasteiger partial charge is 0.326 e. The molecule has 0 saturated carbocycles. The van der Waals surface area contributed by atoms with Crippen LogP contribution in [0.25, 0.3) is 0 Å². The first kappa shape index (κ1) is 17.6. The van der Waals surface area contributed by atoms with Crippen LogP contribution in [0.5, 0.6) is 0 Å². The number of benzene rings is 1. The van der Waals surface area contributed by atoms with Gasteiger partial charge in [0.05, 0.1) is 15.7 Å². The van der Waals surface area contributed by atoms with Crippen LogP contribution in [0, 0.1) is 0 Å². The van der Waals surface area contributed by atoms with E-state index in [0.717, 1.165) is 0 Å². The minimum Gasteiger partial charge on any atom is -0.480 e. The summed E-state index contributed by atoms with van der Waals surface area (Å²) in [7, 11) is 1.52. The largest absolute Gasteiger partial charge is 0.480 e. The maximum atomic E-state index is 12.0. The van der Waals surface area contributed by atoms with E-state index in [1.165, 1.54) is 19.2 Å². The fourth-order valence-electron chi connectivity index (χ4n) is 1.65. The molecule has 0 fully saturated rings. The van der Waals surface area contributed by atoms with Crippen molar-refractivity contribution >= 4 is 40.8 Å². The van der Waals surface area contributed by atoms with Crippen molar-refractivity contribution in [2.45, 2.75) is 18.9 Å². The number of methoxy groups -OCH3 is 1. The summed E-state index contributed by atoms with van der Waals surface area (Å²) in [5.41, 5.74) is 5.90. The molecule has 1 amide bonds. The molecule has 1 aromatic carbocycles. The third-order valence-electron chi connectivity index (χ3n) is 2.79. The molecule has 0 spiro atoms. The van der Waals surface area contributed by atoms with Crippen LogP contribution in [0.2, 0.25) is 10.0 Å². The highest BCUT2D eigenvalue weighted by Gasteiger charge is 2.21. The van der Waals surface area contributed by atoms with Crippen molar-refractivity contribution in [3.05, 3.63) is 27.7 Å². The molecule has 1 aromatic rings. The number of carbonyl (C=O) groups excluding carboxylic acids is 1. The second kappa shape index (κ2) is 8.07. The Hall–Kier alpha value is -1.50. The number of hydrogen-bond donors (Lipinski definition) is 3. The standard InChI is InChI=1S/C13H16Cl2N2O4/c1-21-4-2-3-10(13(19)20)17-12(18)7-5-8(14)11(16)9(15)6-7/h5-6,10H,2-4,16H2,1H3,(H,17,18)(H,19,20). The number of amides is 1. The molecule has 4 N–H and O–H groups in total. The van der Waals surface area contributed by atoms with Crippen molar-refractivity contribution in [1.29, 1.82) is 0 Å². The van der Waals surface area contributed by atoms with Crippen LogP contribution < -0.4 is 11.1 Å². The van der Waals surface area contributed by atoms with E-state index in [2.05, 4.69) is 5.32 Å². The van der Waals surface area contributed by atoms with E-state index in [9.17, 15) is 9.59 Å². The molecule has 1 atom stereocenters. The van der Waals surface area contributed by atoms with E-state index in [0.29, 0.717) is 13.0 Å². The quantitative estimate of drug-likeness (QED) is 0.524. The lowest BCUT2D eigenvalue weighted by atomic mass is 10.1. The molecule has 0 aliphatic rings. The monoisotopic (exact) mass is 334 g/mol. The summed E-state index contributed by atoms with van der Waals surface area (Å²) < 4.78 is 4.85. The third kappa shape index (κ3) is 5.08. The number of halogens is 2. The van der Waals surface area contributed by atoms with E-state index in [1.807, 2.05) is 0 Å². The van der Waals surface area contributed by atoms with Gasteiger partial charge in [-0.2, -0.15) is 0 Å². The zero-order valence-corrected chi connectivity index (χ0v) is 12.9. The van der Waals surface area contributed by atoms with Crippen LogP contribution in [0.1, 0.15) is 23.2 Å². The molecule has 0 saturated heterocycles. The summed E-state index contributed by atoms with van der Waals surface area (Å²) in [6, 6.07) is 1.67. The first-order chi connectivity index (χ1) is 9.86.